The van der Waals surface area contributed by atoms with E-state index in [2.05, 4.69) is 17.6 Å². The quantitative estimate of drug-likeness (QED) is 0.678. The predicted octanol–water partition coefficient (Wildman–Crippen LogP) is 3.00. The summed E-state index contributed by atoms with van der Waals surface area (Å²) in [5.74, 6) is 2.72. The van der Waals surface area contributed by atoms with Gasteiger partial charge in [-0.1, -0.05) is 19.8 Å². The predicted molar refractivity (Wildman–Crippen MR) is 75.8 cm³/mol. The van der Waals surface area contributed by atoms with Crippen LogP contribution in [0.15, 0.2) is 22.8 Å². The van der Waals surface area contributed by atoms with Crippen LogP contribution in [0.4, 0.5) is 4.79 Å². The van der Waals surface area contributed by atoms with Crippen LogP contribution in [-0.2, 0) is 5.75 Å². The van der Waals surface area contributed by atoms with Crippen LogP contribution in [0.25, 0.3) is 0 Å². The fraction of sp³-hybridized carbons (Fsp3) is 0.615. The first-order chi connectivity index (χ1) is 8.83. The highest BCUT2D eigenvalue weighted by atomic mass is 32.2. The van der Waals surface area contributed by atoms with E-state index < -0.39 is 0 Å². The molecule has 2 amide bonds. The number of carbonyl (C=O) groups is 1. The minimum atomic E-state index is -0.0651. The van der Waals surface area contributed by atoms with E-state index in [-0.39, 0.29) is 6.03 Å². The number of amides is 2. The molecule has 0 saturated carbocycles. The molecule has 0 unspecified atom stereocenters. The topological polar surface area (TPSA) is 54.3 Å². The van der Waals surface area contributed by atoms with Gasteiger partial charge in [-0.3, -0.25) is 0 Å². The van der Waals surface area contributed by atoms with E-state index in [9.17, 15) is 4.79 Å². The van der Waals surface area contributed by atoms with Crippen molar-refractivity contribution < 1.29 is 9.21 Å². The monoisotopic (exact) mass is 270 g/mol. The maximum atomic E-state index is 11.3. The van der Waals surface area contributed by atoms with E-state index in [0.717, 1.165) is 30.2 Å². The maximum absolute atomic E-state index is 11.3. The van der Waals surface area contributed by atoms with E-state index in [1.807, 2.05) is 12.1 Å². The summed E-state index contributed by atoms with van der Waals surface area (Å²) in [6.07, 6.45) is 5.07. The Labute approximate surface area is 113 Å². The van der Waals surface area contributed by atoms with E-state index >= 15 is 0 Å². The van der Waals surface area contributed by atoms with Crippen LogP contribution in [0.5, 0.6) is 0 Å². The van der Waals surface area contributed by atoms with Gasteiger partial charge in [0.1, 0.15) is 5.76 Å². The zero-order valence-corrected chi connectivity index (χ0v) is 11.7. The first kappa shape index (κ1) is 15.0. The third kappa shape index (κ3) is 7.27. The highest BCUT2D eigenvalue weighted by Crippen LogP contribution is 2.11. The highest BCUT2D eigenvalue weighted by molar-refractivity contribution is 7.98. The molecule has 0 atom stereocenters. The minimum Gasteiger partial charge on any atom is -0.468 e. The average Bonchev–Trinajstić information content (AvgIpc) is 2.87. The summed E-state index contributed by atoms with van der Waals surface area (Å²) in [7, 11) is 0. The third-order valence-electron chi connectivity index (χ3n) is 2.42. The molecule has 0 bridgehead atoms. The Bertz CT molecular complexity index is 315. The molecule has 18 heavy (non-hydrogen) atoms. The van der Waals surface area contributed by atoms with E-state index in [4.69, 9.17) is 4.42 Å². The highest BCUT2D eigenvalue weighted by Gasteiger charge is 1.99. The molecule has 4 nitrogen and oxygen atoms in total. The second-order valence-corrected chi connectivity index (χ2v) is 5.13. The number of thioether (sulfide) groups is 1. The van der Waals surface area contributed by atoms with E-state index in [1.54, 1.807) is 18.0 Å². The van der Waals surface area contributed by atoms with Crippen molar-refractivity contribution in [3.8, 4) is 0 Å². The van der Waals surface area contributed by atoms with Crippen molar-refractivity contribution in [1.82, 2.24) is 10.6 Å². The molecule has 102 valence electrons. The Morgan fingerprint density at radius 2 is 2.17 bits per heavy atom. The maximum Gasteiger partial charge on any atom is 0.314 e. The minimum absolute atomic E-state index is 0.0651. The zero-order chi connectivity index (χ0) is 13.1. The molecule has 0 aliphatic rings. The molecule has 0 radical (unpaired) electrons. The fourth-order valence-electron chi connectivity index (χ4n) is 1.44. The average molecular weight is 270 g/mol. The van der Waals surface area contributed by atoms with Crippen LogP contribution < -0.4 is 10.6 Å². The summed E-state index contributed by atoms with van der Waals surface area (Å²) in [4.78, 5) is 11.3. The van der Waals surface area contributed by atoms with Crippen LogP contribution in [-0.4, -0.2) is 24.9 Å². The van der Waals surface area contributed by atoms with Crippen LogP contribution in [0.3, 0.4) is 0 Å². The molecule has 1 aromatic heterocycles. The van der Waals surface area contributed by atoms with Crippen molar-refractivity contribution in [2.75, 3.05) is 18.8 Å². The number of nitrogens with one attached hydrogen (secondary N) is 2. The number of urea groups is 1. The molecular formula is C13H22N2O2S. The Kier molecular flexibility index (Phi) is 8.21. The molecule has 0 aliphatic heterocycles. The molecule has 0 saturated heterocycles. The number of hydrogen-bond acceptors (Lipinski definition) is 3. The summed E-state index contributed by atoms with van der Waals surface area (Å²) >= 11 is 1.75. The zero-order valence-electron chi connectivity index (χ0n) is 10.9. The Morgan fingerprint density at radius 3 is 2.89 bits per heavy atom. The lowest BCUT2D eigenvalue weighted by molar-refractivity contribution is 0.241. The number of unbranched alkanes of at least 4 members (excludes halogenated alkanes) is 2. The Balaban J connectivity index is 1.89. The van der Waals surface area contributed by atoms with E-state index in [0.29, 0.717) is 6.54 Å². The van der Waals surface area contributed by atoms with Gasteiger partial charge < -0.3 is 15.1 Å². The van der Waals surface area contributed by atoms with Gasteiger partial charge in [-0.15, -0.1) is 0 Å². The van der Waals surface area contributed by atoms with Gasteiger partial charge in [0, 0.05) is 18.8 Å². The van der Waals surface area contributed by atoms with Gasteiger partial charge in [-0.2, -0.15) is 11.8 Å². The molecule has 0 spiro atoms. The fourth-order valence-corrected chi connectivity index (χ4v) is 2.20. The first-order valence-corrected chi connectivity index (χ1v) is 7.60. The number of furan rings is 1. The smallest absolute Gasteiger partial charge is 0.314 e. The third-order valence-corrected chi connectivity index (χ3v) is 3.40. The van der Waals surface area contributed by atoms with Crippen molar-refractivity contribution >= 4 is 17.8 Å². The largest absolute Gasteiger partial charge is 0.468 e. The van der Waals surface area contributed by atoms with Crippen LogP contribution in [0, 0.1) is 0 Å². The molecule has 2 N–H and O–H groups in total. The van der Waals surface area contributed by atoms with Gasteiger partial charge in [0.05, 0.1) is 12.0 Å². The van der Waals surface area contributed by atoms with Gasteiger partial charge in [0.25, 0.3) is 0 Å². The number of carbonyl (C=O) groups excluding carboxylic acids is 1. The summed E-state index contributed by atoms with van der Waals surface area (Å²) in [5.41, 5.74) is 0. The van der Waals surface area contributed by atoms with Gasteiger partial charge in [-0.25, -0.2) is 4.79 Å². The lowest BCUT2D eigenvalue weighted by Gasteiger charge is -2.06. The second-order valence-electron chi connectivity index (χ2n) is 4.02. The van der Waals surface area contributed by atoms with Gasteiger partial charge in [0.15, 0.2) is 0 Å². The van der Waals surface area contributed by atoms with Crippen molar-refractivity contribution in [2.24, 2.45) is 0 Å². The molecule has 1 aromatic rings. The van der Waals surface area contributed by atoms with Crippen LogP contribution in [0.2, 0.25) is 0 Å². The summed E-state index contributed by atoms with van der Waals surface area (Å²) in [6, 6.07) is 3.78. The standard InChI is InChI=1S/C13H22N2O2S/c1-2-3-4-7-14-13(16)15-8-10-18-11-12-6-5-9-17-12/h5-6,9H,2-4,7-8,10-11H2,1H3,(H2,14,15,16). The SMILES string of the molecule is CCCCCNC(=O)NCCSCc1ccco1. The lowest BCUT2D eigenvalue weighted by atomic mass is 10.2. The second kappa shape index (κ2) is 9.88. The summed E-state index contributed by atoms with van der Waals surface area (Å²) < 4.78 is 5.22. The summed E-state index contributed by atoms with van der Waals surface area (Å²) in [5, 5.41) is 5.68. The molecular weight excluding hydrogens is 248 g/mol. The normalized spacial score (nSPS) is 10.3. The van der Waals surface area contributed by atoms with Crippen molar-refractivity contribution in [3.05, 3.63) is 24.2 Å². The lowest BCUT2D eigenvalue weighted by Crippen LogP contribution is -2.37. The van der Waals surface area contributed by atoms with Crippen molar-refractivity contribution in [1.29, 1.82) is 0 Å². The van der Waals surface area contributed by atoms with Crippen LogP contribution >= 0.6 is 11.8 Å². The Morgan fingerprint density at radius 1 is 1.33 bits per heavy atom. The van der Waals surface area contributed by atoms with Crippen LogP contribution in [0.1, 0.15) is 31.9 Å². The van der Waals surface area contributed by atoms with E-state index in [1.165, 1.54) is 12.8 Å². The molecule has 0 aromatic carbocycles. The van der Waals surface area contributed by atoms with Gasteiger partial charge >= 0.3 is 6.03 Å². The Hall–Kier alpha value is -1.10. The molecule has 5 heteroatoms. The first-order valence-electron chi connectivity index (χ1n) is 6.44. The number of rotatable bonds is 9. The van der Waals surface area contributed by atoms with Crippen molar-refractivity contribution in [2.45, 2.75) is 31.9 Å². The molecule has 0 fully saturated rings. The molecule has 1 rings (SSSR count). The number of hydrogen-bond donors (Lipinski definition) is 2. The summed E-state index contributed by atoms with van der Waals surface area (Å²) in [6.45, 7) is 3.60. The van der Waals surface area contributed by atoms with Crippen molar-refractivity contribution in [3.63, 3.8) is 0 Å². The molecule has 1 heterocycles. The molecule has 0 aliphatic carbocycles. The van der Waals surface area contributed by atoms with Gasteiger partial charge in [-0.05, 0) is 18.6 Å². The van der Waals surface area contributed by atoms with Gasteiger partial charge in [0.2, 0.25) is 0 Å².